The summed E-state index contributed by atoms with van der Waals surface area (Å²) in [5.41, 5.74) is 3.71. The van der Waals surface area contributed by atoms with Gasteiger partial charge < -0.3 is 9.47 Å². The number of carbonyl (C=O) groups is 1. The van der Waals surface area contributed by atoms with Crippen LogP contribution in [-0.2, 0) is 4.79 Å². The van der Waals surface area contributed by atoms with E-state index < -0.39 is 0 Å². The Morgan fingerprint density at radius 2 is 1.91 bits per heavy atom. The fraction of sp³-hybridized carbons (Fsp3) is 0.471. The van der Waals surface area contributed by atoms with Crippen LogP contribution in [0.3, 0.4) is 0 Å². The lowest BCUT2D eigenvalue weighted by molar-refractivity contribution is -0.121. The van der Waals surface area contributed by atoms with Crippen LogP contribution in [0.4, 0.5) is 0 Å². The maximum Gasteiger partial charge on any atom is 0.258 e. The first-order chi connectivity index (χ1) is 11.2. The van der Waals surface area contributed by atoms with E-state index in [-0.39, 0.29) is 5.91 Å². The fourth-order valence-electron chi connectivity index (χ4n) is 2.72. The largest absolute Gasteiger partial charge is 0.489 e. The molecule has 0 atom stereocenters. The van der Waals surface area contributed by atoms with E-state index in [4.69, 9.17) is 21.1 Å². The summed E-state index contributed by atoms with van der Waals surface area (Å²) in [6.07, 6.45) is 7.57. The molecular weight excluding hydrogens is 316 g/mol. The van der Waals surface area contributed by atoms with Gasteiger partial charge in [-0.3, -0.25) is 10.2 Å². The van der Waals surface area contributed by atoms with Crippen molar-refractivity contribution in [1.82, 2.24) is 10.4 Å². The summed E-state index contributed by atoms with van der Waals surface area (Å²) in [6, 6.07) is 3.62. The highest BCUT2D eigenvalue weighted by molar-refractivity contribution is 6.32. The molecule has 5 nitrogen and oxygen atoms in total. The van der Waals surface area contributed by atoms with Crippen molar-refractivity contribution in [3.63, 3.8) is 0 Å². The van der Waals surface area contributed by atoms with Crippen LogP contribution in [0.5, 0.6) is 11.5 Å². The van der Waals surface area contributed by atoms with Gasteiger partial charge in [0.1, 0.15) is 0 Å². The first-order valence-electron chi connectivity index (χ1n) is 8.05. The molecule has 1 saturated heterocycles. The van der Waals surface area contributed by atoms with E-state index in [0.29, 0.717) is 29.7 Å². The Morgan fingerprint density at radius 3 is 2.74 bits per heavy atom. The number of hydrazine groups is 1. The van der Waals surface area contributed by atoms with E-state index in [1.165, 1.54) is 12.5 Å². The summed E-state index contributed by atoms with van der Waals surface area (Å²) in [5.74, 6) is 1.08. The quantitative estimate of drug-likeness (QED) is 0.862. The van der Waals surface area contributed by atoms with E-state index in [0.717, 1.165) is 37.9 Å². The Kier molecular flexibility index (Phi) is 5.41. The number of fused-ring (bicyclic) bond motifs is 1. The molecule has 124 valence electrons. The summed E-state index contributed by atoms with van der Waals surface area (Å²) < 4.78 is 11.2. The Labute approximate surface area is 141 Å². The number of piperidine rings is 1. The van der Waals surface area contributed by atoms with E-state index in [1.54, 1.807) is 12.1 Å². The molecule has 0 spiro atoms. The van der Waals surface area contributed by atoms with Crippen LogP contribution in [0.2, 0.25) is 5.02 Å². The fourth-order valence-corrected chi connectivity index (χ4v) is 2.99. The van der Waals surface area contributed by atoms with Crippen molar-refractivity contribution in [3.05, 3.63) is 28.8 Å². The predicted molar refractivity (Wildman–Crippen MR) is 89.7 cm³/mol. The first-order valence-corrected chi connectivity index (χ1v) is 8.43. The maximum absolute atomic E-state index is 12.0. The van der Waals surface area contributed by atoms with Crippen LogP contribution in [0.25, 0.3) is 6.08 Å². The van der Waals surface area contributed by atoms with Crippen molar-refractivity contribution >= 4 is 23.6 Å². The highest BCUT2D eigenvalue weighted by Crippen LogP contribution is 2.38. The van der Waals surface area contributed by atoms with Gasteiger partial charge in [0.25, 0.3) is 5.91 Å². The van der Waals surface area contributed by atoms with Crippen LogP contribution in [0, 0.1) is 0 Å². The molecule has 1 fully saturated rings. The van der Waals surface area contributed by atoms with Gasteiger partial charge in [0.05, 0.1) is 18.2 Å². The lowest BCUT2D eigenvalue weighted by Gasteiger charge is -2.26. The van der Waals surface area contributed by atoms with Crippen LogP contribution in [-0.4, -0.2) is 37.2 Å². The molecule has 3 rings (SSSR count). The standard InChI is InChI=1S/C17H21ClN2O3/c18-14-11-13(12-15-17(14)23-10-4-9-22-15)5-6-16(21)19-20-7-2-1-3-8-20/h5-6,11-12H,1-4,7-10H2,(H,19,21)/b6-5+. The Bertz CT molecular complexity index is 598. The number of rotatable bonds is 3. The molecule has 1 aromatic rings. The lowest BCUT2D eigenvalue weighted by atomic mass is 10.1. The molecule has 2 aliphatic heterocycles. The molecule has 0 radical (unpaired) electrons. The second kappa shape index (κ2) is 7.70. The van der Waals surface area contributed by atoms with Gasteiger partial charge in [-0.25, -0.2) is 5.01 Å². The number of amides is 1. The van der Waals surface area contributed by atoms with E-state index in [1.807, 2.05) is 11.1 Å². The normalized spacial score (nSPS) is 18.7. The summed E-state index contributed by atoms with van der Waals surface area (Å²) in [4.78, 5) is 12.0. The minimum absolute atomic E-state index is 0.130. The number of nitrogens with one attached hydrogen (secondary N) is 1. The zero-order valence-corrected chi connectivity index (χ0v) is 13.8. The Hall–Kier alpha value is -1.72. The van der Waals surface area contributed by atoms with Gasteiger partial charge in [-0.05, 0) is 36.6 Å². The molecule has 6 heteroatoms. The molecule has 0 aromatic heterocycles. The van der Waals surface area contributed by atoms with Crippen LogP contribution >= 0.6 is 11.6 Å². The van der Waals surface area contributed by atoms with Gasteiger partial charge in [0.2, 0.25) is 0 Å². The lowest BCUT2D eigenvalue weighted by Crippen LogP contribution is -2.44. The third kappa shape index (κ3) is 4.39. The predicted octanol–water partition coefficient (Wildman–Crippen LogP) is 3.03. The minimum atomic E-state index is -0.130. The van der Waals surface area contributed by atoms with E-state index in [9.17, 15) is 4.79 Å². The minimum Gasteiger partial charge on any atom is -0.489 e. The molecule has 1 amide bonds. The molecule has 0 unspecified atom stereocenters. The molecule has 1 N–H and O–H groups in total. The van der Waals surface area contributed by atoms with Gasteiger partial charge in [0, 0.05) is 25.6 Å². The molecule has 0 saturated carbocycles. The second-order valence-electron chi connectivity index (χ2n) is 5.74. The van der Waals surface area contributed by atoms with Crippen LogP contribution in [0.1, 0.15) is 31.2 Å². The number of hydrogen-bond acceptors (Lipinski definition) is 4. The Balaban J connectivity index is 1.66. The van der Waals surface area contributed by atoms with Crippen molar-refractivity contribution < 1.29 is 14.3 Å². The van der Waals surface area contributed by atoms with Gasteiger partial charge in [-0.1, -0.05) is 18.0 Å². The average molecular weight is 337 g/mol. The Morgan fingerprint density at radius 1 is 1.13 bits per heavy atom. The van der Waals surface area contributed by atoms with Crippen molar-refractivity contribution in [2.75, 3.05) is 26.3 Å². The SMILES string of the molecule is O=C(/C=C/c1cc(Cl)c2c(c1)OCCCO2)NN1CCCCC1. The third-order valence-electron chi connectivity index (χ3n) is 3.88. The van der Waals surface area contributed by atoms with Crippen molar-refractivity contribution in [2.45, 2.75) is 25.7 Å². The first kappa shape index (κ1) is 16.1. The van der Waals surface area contributed by atoms with Crippen LogP contribution in [0.15, 0.2) is 18.2 Å². The summed E-state index contributed by atoms with van der Waals surface area (Å²) in [7, 11) is 0. The maximum atomic E-state index is 12.0. The smallest absolute Gasteiger partial charge is 0.258 e. The number of hydrogen-bond donors (Lipinski definition) is 1. The topological polar surface area (TPSA) is 50.8 Å². The number of ether oxygens (including phenoxy) is 2. The zero-order chi connectivity index (χ0) is 16.1. The van der Waals surface area contributed by atoms with E-state index >= 15 is 0 Å². The van der Waals surface area contributed by atoms with Crippen molar-refractivity contribution in [3.8, 4) is 11.5 Å². The molecule has 0 bridgehead atoms. The second-order valence-corrected chi connectivity index (χ2v) is 6.14. The highest BCUT2D eigenvalue weighted by Gasteiger charge is 2.15. The number of nitrogens with zero attached hydrogens (tertiary/aromatic N) is 1. The zero-order valence-electron chi connectivity index (χ0n) is 13.0. The summed E-state index contributed by atoms with van der Waals surface area (Å²) >= 11 is 6.24. The molecule has 2 heterocycles. The molecule has 1 aromatic carbocycles. The summed E-state index contributed by atoms with van der Waals surface area (Å²) in [6.45, 7) is 3.02. The molecule has 0 aliphatic carbocycles. The molecule has 2 aliphatic rings. The molecular formula is C17H21ClN2O3. The van der Waals surface area contributed by atoms with Gasteiger partial charge in [0.15, 0.2) is 11.5 Å². The van der Waals surface area contributed by atoms with Crippen molar-refractivity contribution in [2.24, 2.45) is 0 Å². The third-order valence-corrected chi connectivity index (χ3v) is 4.16. The van der Waals surface area contributed by atoms with Gasteiger partial charge in [-0.15, -0.1) is 0 Å². The summed E-state index contributed by atoms with van der Waals surface area (Å²) in [5, 5.41) is 2.47. The van der Waals surface area contributed by atoms with Gasteiger partial charge >= 0.3 is 0 Å². The number of carbonyl (C=O) groups excluding carboxylic acids is 1. The van der Waals surface area contributed by atoms with Crippen molar-refractivity contribution in [1.29, 1.82) is 0 Å². The van der Waals surface area contributed by atoms with Gasteiger partial charge in [-0.2, -0.15) is 0 Å². The number of halogens is 1. The highest BCUT2D eigenvalue weighted by atomic mass is 35.5. The monoisotopic (exact) mass is 336 g/mol. The van der Waals surface area contributed by atoms with E-state index in [2.05, 4.69) is 5.43 Å². The average Bonchev–Trinajstić information content (AvgIpc) is 2.80. The molecule has 23 heavy (non-hydrogen) atoms. The van der Waals surface area contributed by atoms with Crippen LogP contribution < -0.4 is 14.9 Å². The number of benzene rings is 1.